The Kier molecular flexibility index (Phi) is 2.84. The minimum atomic E-state index is 0.328. The molecule has 5 nitrogen and oxygen atoms in total. The summed E-state index contributed by atoms with van der Waals surface area (Å²) in [5.74, 6) is 0.328. The zero-order valence-electron chi connectivity index (χ0n) is 9.96. The predicted octanol–water partition coefficient (Wildman–Crippen LogP) is 0.362. The van der Waals surface area contributed by atoms with E-state index in [0.717, 1.165) is 45.6 Å². The highest BCUT2D eigenvalue weighted by Gasteiger charge is 2.29. The number of likely N-dealkylation sites (tertiary alicyclic amines) is 2. The summed E-state index contributed by atoms with van der Waals surface area (Å²) in [6, 6.07) is 2.49. The summed E-state index contributed by atoms with van der Waals surface area (Å²) in [6.45, 7) is 4.97. The van der Waals surface area contributed by atoms with Crippen LogP contribution in [0.15, 0.2) is 18.5 Å². The van der Waals surface area contributed by atoms with Crippen molar-refractivity contribution in [2.75, 3.05) is 32.7 Å². The van der Waals surface area contributed by atoms with E-state index < -0.39 is 0 Å². The third kappa shape index (κ3) is 2.20. The molecule has 2 aliphatic heterocycles. The number of nitrogens with zero attached hydrogens (tertiary/aromatic N) is 4. The quantitative estimate of drug-likeness (QED) is 0.755. The van der Waals surface area contributed by atoms with Crippen LogP contribution in [0.25, 0.3) is 0 Å². The van der Waals surface area contributed by atoms with Crippen molar-refractivity contribution in [3.8, 4) is 0 Å². The summed E-state index contributed by atoms with van der Waals surface area (Å²) in [6.07, 6.45) is 5.63. The van der Waals surface area contributed by atoms with E-state index in [2.05, 4.69) is 10.00 Å². The zero-order chi connectivity index (χ0) is 11.7. The fraction of sp³-hybridized carbons (Fsp3) is 0.667. The van der Waals surface area contributed by atoms with Crippen LogP contribution in [-0.2, 0) is 4.79 Å². The first kappa shape index (κ1) is 10.8. The summed E-state index contributed by atoms with van der Waals surface area (Å²) in [4.78, 5) is 15.8. The lowest BCUT2D eigenvalue weighted by Crippen LogP contribution is -2.50. The molecule has 2 aliphatic rings. The number of hydrogen-bond donors (Lipinski definition) is 0. The van der Waals surface area contributed by atoms with Crippen LogP contribution in [0.5, 0.6) is 0 Å². The monoisotopic (exact) mass is 234 g/mol. The van der Waals surface area contributed by atoms with Gasteiger partial charge < -0.3 is 4.90 Å². The van der Waals surface area contributed by atoms with Crippen molar-refractivity contribution in [3.05, 3.63) is 18.5 Å². The molecule has 0 unspecified atom stereocenters. The van der Waals surface area contributed by atoms with Gasteiger partial charge in [-0.05, 0) is 12.5 Å². The lowest BCUT2D eigenvalue weighted by molar-refractivity contribution is -0.128. The fourth-order valence-electron chi connectivity index (χ4n) is 2.59. The molecule has 2 fully saturated rings. The summed E-state index contributed by atoms with van der Waals surface area (Å²) < 4.78 is 2.03. The first-order chi connectivity index (χ1) is 8.33. The molecule has 0 N–H and O–H groups in total. The first-order valence-electron chi connectivity index (χ1n) is 6.32. The third-order valence-electron chi connectivity index (χ3n) is 3.69. The standard InChI is InChI=1S/C12H18N4O/c17-12-3-1-5-15(12)8-7-14-9-11(10-14)16-6-2-4-13-16/h2,4,6,11H,1,3,5,7-10H2. The second kappa shape index (κ2) is 4.49. The summed E-state index contributed by atoms with van der Waals surface area (Å²) in [5, 5.41) is 4.25. The fourth-order valence-corrected chi connectivity index (χ4v) is 2.59. The molecule has 17 heavy (non-hydrogen) atoms. The van der Waals surface area contributed by atoms with Gasteiger partial charge in [0.05, 0.1) is 6.04 Å². The van der Waals surface area contributed by atoms with Crippen LogP contribution < -0.4 is 0 Å². The lowest BCUT2D eigenvalue weighted by Gasteiger charge is -2.39. The van der Waals surface area contributed by atoms with Crippen molar-refractivity contribution >= 4 is 5.91 Å². The molecule has 3 rings (SSSR count). The van der Waals surface area contributed by atoms with Gasteiger partial charge in [0.25, 0.3) is 0 Å². The van der Waals surface area contributed by atoms with Gasteiger partial charge in [0.15, 0.2) is 0 Å². The SMILES string of the molecule is O=C1CCCN1CCN1CC(n2cccn2)C1. The number of carbonyl (C=O) groups excluding carboxylic acids is 1. The summed E-state index contributed by atoms with van der Waals surface area (Å²) >= 11 is 0. The van der Waals surface area contributed by atoms with E-state index >= 15 is 0 Å². The molecular weight excluding hydrogens is 216 g/mol. The molecule has 1 aromatic rings. The van der Waals surface area contributed by atoms with Gasteiger partial charge in [0.1, 0.15) is 0 Å². The Morgan fingerprint density at radius 3 is 2.88 bits per heavy atom. The van der Waals surface area contributed by atoms with Crippen molar-refractivity contribution < 1.29 is 4.79 Å². The number of amides is 1. The normalized spacial score (nSPS) is 22.1. The molecule has 0 bridgehead atoms. The topological polar surface area (TPSA) is 41.4 Å². The number of aromatic nitrogens is 2. The lowest BCUT2D eigenvalue weighted by atomic mass is 10.1. The van der Waals surface area contributed by atoms with Gasteiger partial charge in [-0.2, -0.15) is 5.10 Å². The molecule has 1 aromatic heterocycles. The van der Waals surface area contributed by atoms with E-state index in [9.17, 15) is 4.79 Å². The average molecular weight is 234 g/mol. The second-order valence-electron chi connectivity index (χ2n) is 4.88. The second-order valence-corrected chi connectivity index (χ2v) is 4.88. The molecule has 92 valence electrons. The van der Waals surface area contributed by atoms with E-state index in [4.69, 9.17) is 0 Å². The molecule has 0 aliphatic carbocycles. The molecule has 0 saturated carbocycles. The van der Waals surface area contributed by atoms with E-state index in [1.54, 1.807) is 0 Å². The van der Waals surface area contributed by atoms with Crippen molar-refractivity contribution in [1.82, 2.24) is 19.6 Å². The van der Waals surface area contributed by atoms with Crippen LogP contribution in [0.2, 0.25) is 0 Å². The maximum atomic E-state index is 11.4. The van der Waals surface area contributed by atoms with Crippen LogP contribution in [0.3, 0.4) is 0 Å². The molecule has 0 atom stereocenters. The van der Waals surface area contributed by atoms with Crippen LogP contribution in [0.4, 0.5) is 0 Å². The molecule has 5 heteroatoms. The Hall–Kier alpha value is -1.36. The van der Waals surface area contributed by atoms with Crippen molar-refractivity contribution in [1.29, 1.82) is 0 Å². The Labute approximate surface area is 101 Å². The van der Waals surface area contributed by atoms with Gasteiger partial charge in [-0.3, -0.25) is 14.4 Å². The first-order valence-corrected chi connectivity index (χ1v) is 6.32. The van der Waals surface area contributed by atoms with E-state index in [0.29, 0.717) is 11.9 Å². The van der Waals surface area contributed by atoms with Gasteiger partial charge in [-0.25, -0.2) is 0 Å². The molecule has 0 radical (unpaired) electrons. The molecule has 0 aromatic carbocycles. The van der Waals surface area contributed by atoms with Crippen molar-refractivity contribution in [3.63, 3.8) is 0 Å². The summed E-state index contributed by atoms with van der Waals surface area (Å²) in [5.41, 5.74) is 0. The highest BCUT2D eigenvalue weighted by molar-refractivity contribution is 5.78. The van der Waals surface area contributed by atoms with Crippen LogP contribution in [0, 0.1) is 0 Å². The number of carbonyl (C=O) groups is 1. The van der Waals surface area contributed by atoms with E-state index in [1.165, 1.54) is 0 Å². The van der Waals surface area contributed by atoms with Gasteiger partial charge >= 0.3 is 0 Å². The minimum Gasteiger partial charge on any atom is -0.341 e. The van der Waals surface area contributed by atoms with Crippen LogP contribution in [0.1, 0.15) is 18.9 Å². The third-order valence-corrected chi connectivity index (χ3v) is 3.69. The Bertz CT molecular complexity index is 383. The van der Waals surface area contributed by atoms with Crippen molar-refractivity contribution in [2.24, 2.45) is 0 Å². The van der Waals surface area contributed by atoms with Crippen molar-refractivity contribution in [2.45, 2.75) is 18.9 Å². The molecular formula is C12H18N4O. The maximum Gasteiger partial charge on any atom is 0.222 e. The highest BCUT2D eigenvalue weighted by Crippen LogP contribution is 2.20. The van der Waals surface area contributed by atoms with Gasteiger partial charge in [-0.1, -0.05) is 0 Å². The van der Waals surface area contributed by atoms with Gasteiger partial charge in [0, 0.05) is 51.5 Å². The number of rotatable bonds is 4. The molecule has 0 spiro atoms. The Balaban J connectivity index is 1.40. The van der Waals surface area contributed by atoms with Gasteiger partial charge in [-0.15, -0.1) is 0 Å². The molecule has 2 saturated heterocycles. The highest BCUT2D eigenvalue weighted by atomic mass is 16.2. The predicted molar refractivity (Wildman–Crippen MR) is 63.5 cm³/mol. The Morgan fingerprint density at radius 1 is 1.35 bits per heavy atom. The average Bonchev–Trinajstić information content (AvgIpc) is 2.88. The summed E-state index contributed by atoms with van der Waals surface area (Å²) in [7, 11) is 0. The molecule has 1 amide bonds. The van der Waals surface area contributed by atoms with E-state index in [1.807, 2.05) is 28.0 Å². The smallest absolute Gasteiger partial charge is 0.222 e. The van der Waals surface area contributed by atoms with E-state index in [-0.39, 0.29) is 0 Å². The zero-order valence-corrected chi connectivity index (χ0v) is 9.96. The number of hydrogen-bond acceptors (Lipinski definition) is 3. The van der Waals surface area contributed by atoms with Gasteiger partial charge in [0.2, 0.25) is 5.91 Å². The molecule has 3 heterocycles. The largest absolute Gasteiger partial charge is 0.341 e. The Morgan fingerprint density at radius 2 is 2.24 bits per heavy atom. The maximum absolute atomic E-state index is 11.4. The van der Waals surface area contributed by atoms with Crippen LogP contribution in [-0.4, -0.2) is 58.2 Å². The van der Waals surface area contributed by atoms with Crippen LogP contribution >= 0.6 is 0 Å². The minimum absolute atomic E-state index is 0.328.